The highest BCUT2D eigenvalue weighted by Crippen LogP contribution is 2.22. The second-order valence-corrected chi connectivity index (χ2v) is 8.56. The zero-order valence-electron chi connectivity index (χ0n) is 17.5. The fourth-order valence-electron chi connectivity index (χ4n) is 4.38. The van der Waals surface area contributed by atoms with Crippen molar-refractivity contribution < 1.29 is 4.79 Å². The van der Waals surface area contributed by atoms with E-state index in [4.69, 9.17) is 17.3 Å². The van der Waals surface area contributed by atoms with Gasteiger partial charge in [-0.2, -0.15) is 5.10 Å². The monoisotopic (exact) mass is 431 g/mol. The number of carbonyl (C=O) groups is 1. The number of amides is 1. The van der Waals surface area contributed by atoms with Crippen molar-refractivity contribution in [1.82, 2.24) is 24.4 Å². The van der Waals surface area contributed by atoms with Gasteiger partial charge in [-0.3, -0.25) is 14.1 Å². The Morgan fingerprint density at radius 2 is 1.81 bits per heavy atom. The molecular weight excluding hydrogens is 406 g/mol. The number of hydrogen-bond donors (Lipinski definition) is 1. The van der Waals surface area contributed by atoms with Gasteiger partial charge in [0, 0.05) is 30.1 Å². The highest BCUT2D eigenvalue weighted by Gasteiger charge is 2.22. The van der Waals surface area contributed by atoms with Gasteiger partial charge in [-0.05, 0) is 61.8 Å². The zero-order valence-corrected chi connectivity index (χ0v) is 18.3. The van der Waals surface area contributed by atoms with E-state index < -0.39 is 0 Å². The molecule has 2 aromatic carbocycles. The van der Waals surface area contributed by atoms with E-state index in [1.54, 1.807) is 0 Å². The highest BCUT2D eigenvalue weighted by molar-refractivity contribution is 7.71. The summed E-state index contributed by atoms with van der Waals surface area (Å²) in [6.07, 6.45) is 1.84. The molecule has 1 amide bonds. The highest BCUT2D eigenvalue weighted by atomic mass is 32.1. The van der Waals surface area contributed by atoms with E-state index in [9.17, 15) is 4.79 Å². The van der Waals surface area contributed by atoms with Crippen LogP contribution in [-0.4, -0.2) is 44.1 Å². The molecule has 1 saturated heterocycles. The average molecular weight is 432 g/mol. The maximum Gasteiger partial charge on any atom is 0.251 e. The van der Waals surface area contributed by atoms with E-state index in [1.807, 2.05) is 41.1 Å². The number of piperidine rings is 1. The summed E-state index contributed by atoms with van der Waals surface area (Å²) in [6.45, 7) is 4.57. The normalized spacial score (nSPS) is 15.5. The Hall–Kier alpha value is -3.03. The first kappa shape index (κ1) is 19.9. The first-order chi connectivity index (χ1) is 15.1. The molecule has 0 saturated carbocycles. The van der Waals surface area contributed by atoms with Crippen LogP contribution >= 0.6 is 12.2 Å². The second-order valence-electron chi connectivity index (χ2n) is 8.19. The first-order valence-electron chi connectivity index (χ1n) is 10.7. The minimum absolute atomic E-state index is 0.00358. The minimum atomic E-state index is 0.00358. The van der Waals surface area contributed by atoms with Crippen LogP contribution in [0.25, 0.3) is 16.6 Å². The van der Waals surface area contributed by atoms with Crippen molar-refractivity contribution in [2.45, 2.75) is 32.5 Å². The maximum atomic E-state index is 12.4. The number of nitrogens with zero attached hydrogens (tertiary/aromatic N) is 4. The number of aryl methyl sites for hydroxylation is 1. The molecule has 0 radical (unpaired) electrons. The molecule has 3 heterocycles. The van der Waals surface area contributed by atoms with Crippen LogP contribution in [0, 0.1) is 11.7 Å². The van der Waals surface area contributed by atoms with Crippen LogP contribution < -0.4 is 5.32 Å². The van der Waals surface area contributed by atoms with Gasteiger partial charge in [-0.1, -0.05) is 36.4 Å². The zero-order chi connectivity index (χ0) is 21.4. The van der Waals surface area contributed by atoms with Gasteiger partial charge >= 0.3 is 0 Å². The van der Waals surface area contributed by atoms with E-state index in [2.05, 4.69) is 45.8 Å². The third-order valence-corrected chi connectivity index (χ3v) is 6.47. The van der Waals surface area contributed by atoms with Crippen molar-refractivity contribution in [3.63, 3.8) is 0 Å². The van der Waals surface area contributed by atoms with Crippen molar-refractivity contribution in [3.05, 3.63) is 76.6 Å². The molecule has 5 rings (SSSR count). The van der Waals surface area contributed by atoms with Crippen LogP contribution in [0.1, 0.15) is 28.8 Å². The summed E-state index contributed by atoms with van der Waals surface area (Å²) in [6, 6.07) is 20.0. The Morgan fingerprint density at radius 1 is 1.10 bits per heavy atom. The lowest BCUT2D eigenvalue weighted by Gasteiger charge is -2.32. The van der Waals surface area contributed by atoms with E-state index in [-0.39, 0.29) is 11.9 Å². The number of nitrogens with one attached hydrogen (secondary N) is 1. The van der Waals surface area contributed by atoms with Crippen molar-refractivity contribution in [3.8, 4) is 0 Å². The van der Waals surface area contributed by atoms with Crippen LogP contribution in [0.15, 0.2) is 60.7 Å². The quantitative estimate of drug-likeness (QED) is 0.493. The van der Waals surface area contributed by atoms with Crippen LogP contribution in [0.5, 0.6) is 0 Å². The molecule has 1 aliphatic heterocycles. The molecule has 31 heavy (non-hydrogen) atoms. The number of rotatable bonds is 4. The van der Waals surface area contributed by atoms with Gasteiger partial charge in [0.05, 0.1) is 12.2 Å². The molecule has 6 nitrogen and oxygen atoms in total. The summed E-state index contributed by atoms with van der Waals surface area (Å²) in [5, 5.41) is 9.15. The van der Waals surface area contributed by atoms with Crippen molar-refractivity contribution in [2.24, 2.45) is 0 Å². The fourth-order valence-corrected chi connectivity index (χ4v) is 4.67. The van der Waals surface area contributed by atoms with Gasteiger partial charge in [0.1, 0.15) is 0 Å². The largest absolute Gasteiger partial charge is 0.349 e. The molecule has 0 unspecified atom stereocenters. The molecule has 1 N–H and O–H groups in total. The molecule has 0 bridgehead atoms. The first-order valence-corrected chi connectivity index (χ1v) is 11.1. The average Bonchev–Trinajstić information content (AvgIpc) is 3.10. The lowest BCUT2D eigenvalue weighted by molar-refractivity contribution is 0.0896. The van der Waals surface area contributed by atoms with Crippen molar-refractivity contribution in [2.75, 3.05) is 13.1 Å². The van der Waals surface area contributed by atoms with E-state index in [0.29, 0.717) is 17.0 Å². The number of para-hydroxylation sites is 1. The lowest BCUT2D eigenvalue weighted by atomic mass is 10.0. The number of likely N-dealkylation sites (tertiary alicyclic amines) is 1. The Balaban J connectivity index is 1.28. The summed E-state index contributed by atoms with van der Waals surface area (Å²) < 4.78 is 4.69. The molecule has 0 atom stereocenters. The molecule has 7 heteroatoms. The molecule has 4 aromatic rings. The molecule has 1 fully saturated rings. The fraction of sp³-hybridized carbons (Fsp3) is 0.292. The predicted octanol–water partition coefficient (Wildman–Crippen LogP) is 4.18. The molecule has 0 spiro atoms. The Bertz CT molecular complexity index is 1300. The molecule has 0 aliphatic carbocycles. The third-order valence-electron chi connectivity index (χ3n) is 6.07. The predicted molar refractivity (Wildman–Crippen MR) is 125 cm³/mol. The van der Waals surface area contributed by atoms with Gasteiger partial charge in [0.2, 0.25) is 4.77 Å². The maximum absolute atomic E-state index is 12.4. The summed E-state index contributed by atoms with van der Waals surface area (Å²) >= 11 is 5.78. The number of pyridine rings is 1. The molecular formula is C24H25N5OS. The molecule has 1 aliphatic rings. The number of fused-ring (bicyclic) bond motifs is 3. The SMILES string of the molecule is Cc1cc2nn(CN3CCC(NC(=O)c4ccccc4)CC3)c(=S)n2c2ccccc12. The van der Waals surface area contributed by atoms with Crippen molar-refractivity contribution >= 4 is 34.7 Å². The molecule has 158 valence electrons. The Kier molecular flexibility index (Phi) is 5.29. The number of aromatic nitrogens is 3. The van der Waals surface area contributed by atoms with Gasteiger partial charge in [-0.25, -0.2) is 4.68 Å². The lowest BCUT2D eigenvalue weighted by Crippen LogP contribution is -2.45. The van der Waals surface area contributed by atoms with E-state index >= 15 is 0 Å². The van der Waals surface area contributed by atoms with Crippen LogP contribution in [0.4, 0.5) is 0 Å². The van der Waals surface area contributed by atoms with E-state index in [1.165, 1.54) is 10.9 Å². The summed E-state index contributed by atoms with van der Waals surface area (Å²) in [7, 11) is 0. The van der Waals surface area contributed by atoms with Gasteiger partial charge in [-0.15, -0.1) is 0 Å². The van der Waals surface area contributed by atoms with Gasteiger partial charge < -0.3 is 5.32 Å². The third kappa shape index (κ3) is 3.86. The Labute approximate surface area is 186 Å². The Morgan fingerprint density at radius 3 is 2.58 bits per heavy atom. The van der Waals surface area contributed by atoms with Gasteiger partial charge in [0.15, 0.2) is 5.65 Å². The van der Waals surface area contributed by atoms with Crippen LogP contribution in [0.3, 0.4) is 0 Å². The number of benzene rings is 2. The summed E-state index contributed by atoms with van der Waals surface area (Å²) in [4.78, 5) is 14.8. The number of carbonyl (C=O) groups excluding carboxylic acids is 1. The minimum Gasteiger partial charge on any atom is -0.349 e. The standard InChI is InChI=1S/C24H25N5OS/c1-17-15-22-26-28(24(31)29(22)21-10-6-5-9-20(17)21)16-27-13-11-19(12-14-27)25-23(30)18-7-3-2-4-8-18/h2-10,15,19H,11-14,16H2,1H3,(H,25,30). The number of hydrogen-bond acceptors (Lipinski definition) is 4. The summed E-state index contributed by atoms with van der Waals surface area (Å²) in [5.74, 6) is 0.00358. The smallest absolute Gasteiger partial charge is 0.251 e. The topological polar surface area (TPSA) is 54.6 Å². The van der Waals surface area contributed by atoms with Gasteiger partial charge in [0.25, 0.3) is 5.91 Å². The van der Waals surface area contributed by atoms with Crippen LogP contribution in [0.2, 0.25) is 0 Å². The van der Waals surface area contributed by atoms with Crippen molar-refractivity contribution in [1.29, 1.82) is 0 Å². The molecule has 2 aromatic heterocycles. The summed E-state index contributed by atoms with van der Waals surface area (Å²) in [5.41, 5.74) is 3.89. The van der Waals surface area contributed by atoms with Crippen LogP contribution in [-0.2, 0) is 6.67 Å². The van der Waals surface area contributed by atoms with E-state index in [0.717, 1.165) is 37.1 Å². The second kappa shape index (κ2) is 8.24.